The summed E-state index contributed by atoms with van der Waals surface area (Å²) in [7, 11) is 4.88. The SMILES string of the molecule is COc1ccc(C=NNc2cc(C)nc3ccc(OC)cc23)c(OC)c1. The van der Waals surface area contributed by atoms with Crippen molar-refractivity contribution in [2.75, 3.05) is 26.8 Å². The smallest absolute Gasteiger partial charge is 0.131 e. The number of hydrogen-bond donors (Lipinski definition) is 1. The number of methoxy groups -OCH3 is 3. The number of ether oxygens (including phenoxy) is 3. The summed E-state index contributed by atoms with van der Waals surface area (Å²) in [6.45, 7) is 1.95. The molecule has 0 radical (unpaired) electrons. The molecule has 0 aliphatic rings. The first kappa shape index (κ1) is 17.5. The summed E-state index contributed by atoms with van der Waals surface area (Å²) in [6, 6.07) is 13.3. The van der Waals surface area contributed by atoms with Crippen LogP contribution < -0.4 is 19.6 Å². The van der Waals surface area contributed by atoms with Gasteiger partial charge in [-0.2, -0.15) is 5.10 Å². The Kier molecular flexibility index (Phi) is 5.22. The maximum Gasteiger partial charge on any atom is 0.131 e. The number of fused-ring (bicyclic) bond motifs is 1. The minimum atomic E-state index is 0.687. The van der Waals surface area contributed by atoms with E-state index in [1.54, 1.807) is 27.5 Å². The molecule has 6 heteroatoms. The highest BCUT2D eigenvalue weighted by molar-refractivity contribution is 5.93. The first-order chi connectivity index (χ1) is 12.6. The van der Waals surface area contributed by atoms with Gasteiger partial charge >= 0.3 is 0 Å². The maximum absolute atomic E-state index is 5.38. The second kappa shape index (κ2) is 7.74. The number of anilines is 1. The van der Waals surface area contributed by atoms with Crippen LogP contribution in [0.25, 0.3) is 10.9 Å². The standard InChI is InChI=1S/C20H21N3O3/c1-13-9-19(17-10-15(24-2)7-8-18(17)22-13)23-21-12-14-5-6-16(25-3)11-20(14)26-4/h5-12H,1-4H3,(H,22,23). The molecule has 3 aromatic rings. The van der Waals surface area contributed by atoms with E-state index in [4.69, 9.17) is 14.2 Å². The summed E-state index contributed by atoms with van der Waals surface area (Å²) < 4.78 is 15.9. The number of nitrogens with zero attached hydrogens (tertiary/aromatic N) is 2. The zero-order valence-corrected chi connectivity index (χ0v) is 15.2. The Hall–Kier alpha value is -3.28. The molecule has 0 aliphatic heterocycles. The fraction of sp³-hybridized carbons (Fsp3) is 0.200. The zero-order chi connectivity index (χ0) is 18.5. The van der Waals surface area contributed by atoms with Gasteiger partial charge in [-0.25, -0.2) is 0 Å². The van der Waals surface area contributed by atoms with Crippen LogP contribution in [0.5, 0.6) is 17.2 Å². The van der Waals surface area contributed by atoms with Gasteiger partial charge < -0.3 is 14.2 Å². The van der Waals surface area contributed by atoms with E-state index >= 15 is 0 Å². The van der Waals surface area contributed by atoms with E-state index < -0.39 is 0 Å². The third-order valence-electron chi connectivity index (χ3n) is 3.97. The summed E-state index contributed by atoms with van der Waals surface area (Å²) >= 11 is 0. The van der Waals surface area contributed by atoms with Crippen molar-refractivity contribution in [2.45, 2.75) is 6.92 Å². The Morgan fingerprint density at radius 2 is 1.65 bits per heavy atom. The number of nitrogens with one attached hydrogen (secondary N) is 1. The normalized spacial score (nSPS) is 10.9. The molecule has 3 rings (SSSR count). The van der Waals surface area contributed by atoms with Gasteiger partial charge in [0.15, 0.2) is 0 Å². The average Bonchev–Trinajstić information content (AvgIpc) is 2.67. The van der Waals surface area contributed by atoms with Crippen molar-refractivity contribution in [1.82, 2.24) is 4.98 Å². The summed E-state index contributed by atoms with van der Waals surface area (Å²) in [5, 5.41) is 5.30. The van der Waals surface area contributed by atoms with E-state index in [2.05, 4.69) is 15.5 Å². The van der Waals surface area contributed by atoms with Crippen molar-refractivity contribution in [2.24, 2.45) is 5.10 Å². The van der Waals surface area contributed by atoms with Crippen LogP contribution in [0, 0.1) is 6.92 Å². The van der Waals surface area contributed by atoms with Crippen molar-refractivity contribution >= 4 is 22.8 Å². The van der Waals surface area contributed by atoms with Crippen molar-refractivity contribution in [1.29, 1.82) is 0 Å². The average molecular weight is 351 g/mol. The van der Waals surface area contributed by atoms with Crippen LogP contribution in [-0.2, 0) is 0 Å². The van der Waals surface area contributed by atoms with Gasteiger partial charge in [-0.3, -0.25) is 10.4 Å². The lowest BCUT2D eigenvalue weighted by molar-refractivity contribution is 0.394. The molecule has 0 fully saturated rings. The highest BCUT2D eigenvalue weighted by atomic mass is 16.5. The first-order valence-electron chi connectivity index (χ1n) is 8.11. The Bertz CT molecular complexity index is 954. The van der Waals surface area contributed by atoms with E-state index in [0.717, 1.165) is 39.3 Å². The molecular formula is C20H21N3O3. The molecule has 1 aromatic heterocycles. The van der Waals surface area contributed by atoms with Crippen LogP contribution >= 0.6 is 0 Å². The summed E-state index contributed by atoms with van der Waals surface area (Å²) in [5.74, 6) is 2.19. The van der Waals surface area contributed by atoms with Crippen molar-refractivity contribution in [3.63, 3.8) is 0 Å². The Labute approximate surface area is 152 Å². The molecular weight excluding hydrogens is 330 g/mol. The number of rotatable bonds is 6. The fourth-order valence-corrected chi connectivity index (χ4v) is 2.65. The fourth-order valence-electron chi connectivity index (χ4n) is 2.65. The summed E-state index contributed by atoms with van der Waals surface area (Å²) in [6.07, 6.45) is 1.71. The molecule has 1 N–H and O–H groups in total. The van der Waals surface area contributed by atoms with Crippen LogP contribution in [-0.4, -0.2) is 32.5 Å². The quantitative estimate of drug-likeness (QED) is 0.537. The molecule has 0 bridgehead atoms. The molecule has 2 aromatic carbocycles. The molecule has 1 heterocycles. The third kappa shape index (κ3) is 3.69. The lowest BCUT2D eigenvalue weighted by Crippen LogP contribution is -1.97. The predicted molar refractivity (Wildman–Crippen MR) is 104 cm³/mol. The maximum atomic E-state index is 5.38. The molecule has 6 nitrogen and oxygen atoms in total. The molecule has 0 unspecified atom stereocenters. The molecule has 0 atom stereocenters. The van der Waals surface area contributed by atoms with Gasteiger partial charge in [0.2, 0.25) is 0 Å². The second-order valence-corrected chi connectivity index (χ2v) is 5.67. The molecule has 0 amide bonds. The number of aromatic nitrogens is 1. The molecule has 0 saturated carbocycles. The predicted octanol–water partition coefficient (Wildman–Crippen LogP) is 4.02. The zero-order valence-electron chi connectivity index (χ0n) is 15.2. The van der Waals surface area contributed by atoms with E-state index in [0.29, 0.717) is 5.75 Å². The van der Waals surface area contributed by atoms with Gasteiger partial charge in [0, 0.05) is 22.7 Å². The molecule has 0 spiro atoms. The Balaban J connectivity index is 1.91. The minimum Gasteiger partial charge on any atom is -0.497 e. The molecule has 0 saturated heterocycles. The molecule has 0 aliphatic carbocycles. The van der Waals surface area contributed by atoms with Gasteiger partial charge in [-0.15, -0.1) is 0 Å². The Morgan fingerprint density at radius 3 is 2.38 bits per heavy atom. The van der Waals surface area contributed by atoms with E-state index in [1.807, 2.05) is 49.4 Å². The third-order valence-corrected chi connectivity index (χ3v) is 3.97. The molecule has 26 heavy (non-hydrogen) atoms. The molecule has 134 valence electrons. The topological polar surface area (TPSA) is 65.0 Å². The highest BCUT2D eigenvalue weighted by Gasteiger charge is 2.06. The van der Waals surface area contributed by atoms with E-state index in [-0.39, 0.29) is 0 Å². The number of benzene rings is 2. The van der Waals surface area contributed by atoms with Crippen LogP contribution in [0.15, 0.2) is 47.6 Å². The van der Waals surface area contributed by atoms with Gasteiger partial charge in [0.05, 0.1) is 38.7 Å². The van der Waals surface area contributed by atoms with Gasteiger partial charge in [-0.05, 0) is 43.3 Å². The lowest BCUT2D eigenvalue weighted by atomic mass is 10.1. The van der Waals surface area contributed by atoms with Crippen LogP contribution in [0.4, 0.5) is 5.69 Å². The number of aryl methyl sites for hydroxylation is 1. The van der Waals surface area contributed by atoms with Crippen molar-refractivity contribution in [3.05, 3.63) is 53.7 Å². The van der Waals surface area contributed by atoms with Gasteiger partial charge in [0.25, 0.3) is 0 Å². The largest absolute Gasteiger partial charge is 0.497 e. The van der Waals surface area contributed by atoms with Crippen LogP contribution in [0.1, 0.15) is 11.3 Å². The first-order valence-corrected chi connectivity index (χ1v) is 8.11. The van der Waals surface area contributed by atoms with Crippen molar-refractivity contribution in [3.8, 4) is 17.2 Å². The second-order valence-electron chi connectivity index (χ2n) is 5.67. The lowest BCUT2D eigenvalue weighted by Gasteiger charge is -2.09. The highest BCUT2D eigenvalue weighted by Crippen LogP contribution is 2.27. The van der Waals surface area contributed by atoms with E-state index in [1.165, 1.54) is 0 Å². The van der Waals surface area contributed by atoms with Crippen molar-refractivity contribution < 1.29 is 14.2 Å². The monoisotopic (exact) mass is 351 g/mol. The summed E-state index contributed by atoms with van der Waals surface area (Å²) in [4.78, 5) is 4.54. The van der Waals surface area contributed by atoms with Gasteiger partial charge in [0.1, 0.15) is 17.2 Å². The number of pyridine rings is 1. The summed E-state index contributed by atoms with van der Waals surface area (Å²) in [5.41, 5.74) is 6.58. The Morgan fingerprint density at radius 1 is 0.923 bits per heavy atom. The van der Waals surface area contributed by atoms with Crippen LogP contribution in [0.3, 0.4) is 0 Å². The van der Waals surface area contributed by atoms with Gasteiger partial charge in [-0.1, -0.05) is 0 Å². The number of hydrazone groups is 1. The van der Waals surface area contributed by atoms with Crippen LogP contribution in [0.2, 0.25) is 0 Å². The number of hydrogen-bond acceptors (Lipinski definition) is 6. The minimum absolute atomic E-state index is 0.687. The van der Waals surface area contributed by atoms with E-state index in [9.17, 15) is 0 Å².